The number of phenols is 2. The minimum atomic E-state index is 0. The summed E-state index contributed by atoms with van der Waals surface area (Å²) in [4.78, 5) is 0. The molecule has 0 saturated heterocycles. The van der Waals surface area contributed by atoms with Gasteiger partial charge >= 0.3 is 37.7 Å². The third kappa shape index (κ3) is 2.94. The van der Waals surface area contributed by atoms with Gasteiger partial charge in [-0.3, -0.25) is 0 Å². The van der Waals surface area contributed by atoms with Crippen molar-refractivity contribution in [2.24, 2.45) is 0 Å². The number of hydrogen-bond acceptors (Lipinski definition) is 2. The maximum absolute atomic E-state index is 8.65. The zero-order valence-corrected chi connectivity index (χ0v) is 7.12. The summed E-state index contributed by atoms with van der Waals surface area (Å²) in [5.74, 6) is 0.176. The summed E-state index contributed by atoms with van der Waals surface area (Å²) in [5, 5.41) is 17.3. The fourth-order valence-corrected chi connectivity index (χ4v) is 0.493. The van der Waals surface area contributed by atoms with E-state index >= 15 is 0 Å². The number of hydrogen-bond donors (Lipinski definition) is 2. The van der Waals surface area contributed by atoms with Crippen LogP contribution in [0.1, 0.15) is 2.85 Å². The molecule has 0 bridgehead atoms. The Labute approximate surface area is 86.1 Å². The van der Waals surface area contributed by atoms with Gasteiger partial charge in [-0.05, 0) is 12.1 Å². The molecular formula is C6H8CaO2. The number of benzene rings is 1. The van der Waals surface area contributed by atoms with E-state index in [1.165, 1.54) is 18.2 Å². The predicted octanol–water partition coefficient (Wildman–Crippen LogP) is 0.942. The van der Waals surface area contributed by atoms with Gasteiger partial charge in [-0.1, -0.05) is 6.07 Å². The van der Waals surface area contributed by atoms with Crippen LogP contribution < -0.4 is 0 Å². The third-order valence-corrected chi connectivity index (χ3v) is 0.830. The van der Waals surface area contributed by atoms with Gasteiger partial charge in [0.05, 0.1) is 0 Å². The van der Waals surface area contributed by atoms with E-state index in [0.717, 1.165) is 0 Å². The summed E-state index contributed by atoms with van der Waals surface area (Å²) in [6.07, 6.45) is 0. The maximum Gasteiger partial charge on any atom is 2.00 e. The molecule has 0 saturated carbocycles. The first-order valence-corrected chi connectivity index (χ1v) is 2.27. The molecule has 0 amide bonds. The first-order valence-electron chi connectivity index (χ1n) is 2.27. The van der Waals surface area contributed by atoms with Crippen LogP contribution in [0.3, 0.4) is 0 Å². The molecule has 0 aliphatic heterocycles. The standard InChI is InChI=1S/C6H6O2.Ca.2H/c7-5-2-1-3-6(8)4-5;;;/h1-4,7-8H;;;/q;+2;2*-1. The number of phenolic OH excluding ortho intramolecular Hbond substituents is 2. The molecule has 0 heterocycles. The molecule has 1 aromatic carbocycles. The second-order valence-electron chi connectivity index (χ2n) is 1.52. The van der Waals surface area contributed by atoms with Crippen LogP contribution in [0.25, 0.3) is 0 Å². The molecule has 0 aliphatic rings. The molecule has 0 aromatic heterocycles. The molecule has 1 aromatic rings. The molecule has 1 rings (SSSR count). The van der Waals surface area contributed by atoms with E-state index in [-0.39, 0.29) is 52.1 Å². The van der Waals surface area contributed by atoms with E-state index in [0.29, 0.717) is 0 Å². The molecule has 0 spiro atoms. The van der Waals surface area contributed by atoms with Gasteiger partial charge < -0.3 is 13.1 Å². The first-order chi connectivity index (χ1) is 3.79. The molecule has 3 heteroatoms. The second kappa shape index (κ2) is 3.99. The van der Waals surface area contributed by atoms with Gasteiger partial charge in [0, 0.05) is 6.07 Å². The molecule has 2 N–H and O–H groups in total. The van der Waals surface area contributed by atoms with Crippen molar-refractivity contribution in [3.8, 4) is 11.5 Å². The second-order valence-corrected chi connectivity index (χ2v) is 1.52. The summed E-state index contributed by atoms with van der Waals surface area (Å²) in [7, 11) is 0. The Morgan fingerprint density at radius 1 is 1.11 bits per heavy atom. The van der Waals surface area contributed by atoms with Gasteiger partial charge in [0.15, 0.2) is 0 Å². The van der Waals surface area contributed by atoms with E-state index in [4.69, 9.17) is 10.2 Å². The molecule has 0 radical (unpaired) electrons. The molecule has 0 fully saturated rings. The van der Waals surface area contributed by atoms with E-state index in [2.05, 4.69) is 0 Å². The average molecular weight is 152 g/mol. The fraction of sp³-hybridized carbons (Fsp3) is 0. The zero-order valence-electron chi connectivity index (χ0n) is 6.91. The van der Waals surface area contributed by atoms with E-state index in [9.17, 15) is 0 Å². The Hall–Kier alpha value is 0.0797. The van der Waals surface area contributed by atoms with Gasteiger partial charge in [0.25, 0.3) is 0 Å². The zero-order chi connectivity index (χ0) is 5.98. The Balaban J connectivity index is -0.000000213. The monoisotopic (exact) mass is 152 g/mol. The van der Waals surface area contributed by atoms with E-state index < -0.39 is 0 Å². The van der Waals surface area contributed by atoms with Crippen molar-refractivity contribution in [1.29, 1.82) is 0 Å². The van der Waals surface area contributed by atoms with Crippen molar-refractivity contribution in [3.63, 3.8) is 0 Å². The molecule has 9 heavy (non-hydrogen) atoms. The molecule has 2 nitrogen and oxygen atoms in total. The van der Waals surface area contributed by atoms with Crippen LogP contribution in [0.5, 0.6) is 11.5 Å². The van der Waals surface area contributed by atoms with Crippen LogP contribution >= 0.6 is 0 Å². The van der Waals surface area contributed by atoms with Gasteiger partial charge in [0.2, 0.25) is 0 Å². The summed E-state index contributed by atoms with van der Waals surface area (Å²) < 4.78 is 0. The molecular weight excluding hydrogens is 144 g/mol. The third-order valence-electron chi connectivity index (χ3n) is 0.830. The van der Waals surface area contributed by atoms with Crippen molar-refractivity contribution in [2.75, 3.05) is 0 Å². The van der Waals surface area contributed by atoms with Crippen LogP contribution in [0.2, 0.25) is 0 Å². The predicted molar refractivity (Wildman–Crippen MR) is 37.7 cm³/mol. The maximum atomic E-state index is 8.65. The molecule has 0 atom stereocenters. The molecule has 0 unspecified atom stereocenters. The quantitative estimate of drug-likeness (QED) is 0.543. The average Bonchev–Trinajstić information content (AvgIpc) is 1.64. The van der Waals surface area contributed by atoms with Crippen molar-refractivity contribution in [3.05, 3.63) is 24.3 Å². The topological polar surface area (TPSA) is 40.5 Å². The van der Waals surface area contributed by atoms with Gasteiger partial charge in [-0.2, -0.15) is 0 Å². The Morgan fingerprint density at radius 2 is 1.56 bits per heavy atom. The van der Waals surface area contributed by atoms with Gasteiger partial charge in [-0.25, -0.2) is 0 Å². The Morgan fingerprint density at radius 3 is 1.78 bits per heavy atom. The minimum Gasteiger partial charge on any atom is -1.00 e. The number of rotatable bonds is 0. The van der Waals surface area contributed by atoms with Crippen LogP contribution in [0, 0.1) is 0 Å². The summed E-state index contributed by atoms with van der Waals surface area (Å²) in [5.41, 5.74) is 0. The van der Waals surface area contributed by atoms with Crippen molar-refractivity contribution in [2.45, 2.75) is 0 Å². The van der Waals surface area contributed by atoms with E-state index in [1.54, 1.807) is 6.07 Å². The normalized spacial score (nSPS) is 8.00. The SMILES string of the molecule is Oc1cccc(O)c1.[Ca+2].[H-].[H-]. The van der Waals surface area contributed by atoms with Crippen LogP contribution in [0.15, 0.2) is 24.3 Å². The van der Waals surface area contributed by atoms with Crippen LogP contribution in [-0.2, 0) is 0 Å². The molecule has 46 valence electrons. The summed E-state index contributed by atoms with van der Waals surface area (Å²) in [6.45, 7) is 0. The van der Waals surface area contributed by atoms with Crippen LogP contribution in [0.4, 0.5) is 0 Å². The van der Waals surface area contributed by atoms with Gasteiger partial charge in [0.1, 0.15) is 11.5 Å². The fourth-order valence-electron chi connectivity index (χ4n) is 0.493. The van der Waals surface area contributed by atoms with Crippen LogP contribution in [-0.4, -0.2) is 48.0 Å². The van der Waals surface area contributed by atoms with E-state index in [1.807, 2.05) is 0 Å². The smallest absolute Gasteiger partial charge is 1.00 e. The Bertz CT molecular complexity index is 178. The minimum absolute atomic E-state index is 0. The Kier molecular flexibility index (Phi) is 4.02. The summed E-state index contributed by atoms with van der Waals surface area (Å²) >= 11 is 0. The largest absolute Gasteiger partial charge is 2.00 e. The van der Waals surface area contributed by atoms with Crippen molar-refractivity contribution >= 4 is 37.7 Å². The van der Waals surface area contributed by atoms with Gasteiger partial charge in [-0.15, -0.1) is 0 Å². The number of aromatic hydroxyl groups is 2. The van der Waals surface area contributed by atoms with Crippen molar-refractivity contribution < 1.29 is 13.1 Å². The summed E-state index contributed by atoms with van der Waals surface area (Å²) in [6, 6.07) is 5.85. The van der Waals surface area contributed by atoms with Crippen molar-refractivity contribution in [1.82, 2.24) is 0 Å². The first kappa shape index (κ1) is 9.08. The molecule has 0 aliphatic carbocycles.